The monoisotopic (exact) mass is 325 g/mol. The number of ether oxygens (including phenoxy) is 2. The number of carbonyl (C=O) groups is 2. The molecule has 0 saturated carbocycles. The molecule has 7 nitrogen and oxygen atoms in total. The molecule has 0 bridgehead atoms. The topological polar surface area (TPSA) is 98.0 Å². The standard InChI is InChI=1S/C14H12ClNO6/c1-21-13(19)9-11(17)12(18)10(14(20)22-2)16(9)8-5-3-7(15)4-6-8/h3-6,17-18H,1-2H3. The predicted octanol–water partition coefficient (Wildman–Crippen LogP) is 2.12. The molecule has 1 aromatic carbocycles. The van der Waals surface area contributed by atoms with Crippen LogP contribution >= 0.6 is 11.6 Å². The third-order valence-electron chi connectivity index (χ3n) is 2.96. The van der Waals surface area contributed by atoms with E-state index < -0.39 is 34.8 Å². The first kappa shape index (κ1) is 15.7. The highest BCUT2D eigenvalue weighted by Gasteiger charge is 2.32. The second-order valence-corrected chi connectivity index (χ2v) is 4.63. The molecule has 2 rings (SSSR count). The smallest absolute Gasteiger partial charge is 0.359 e. The van der Waals surface area contributed by atoms with E-state index in [0.29, 0.717) is 10.7 Å². The van der Waals surface area contributed by atoms with E-state index in [4.69, 9.17) is 11.6 Å². The van der Waals surface area contributed by atoms with Gasteiger partial charge in [-0.05, 0) is 24.3 Å². The van der Waals surface area contributed by atoms with Crippen molar-refractivity contribution in [2.24, 2.45) is 0 Å². The van der Waals surface area contributed by atoms with E-state index in [0.717, 1.165) is 18.8 Å². The molecule has 8 heteroatoms. The molecule has 0 amide bonds. The third-order valence-corrected chi connectivity index (χ3v) is 3.21. The average molecular weight is 326 g/mol. The lowest BCUT2D eigenvalue weighted by Gasteiger charge is -2.11. The van der Waals surface area contributed by atoms with Crippen molar-refractivity contribution in [2.45, 2.75) is 0 Å². The first-order chi connectivity index (χ1) is 10.4. The summed E-state index contributed by atoms with van der Waals surface area (Å²) < 4.78 is 10.2. The molecule has 0 aliphatic rings. The van der Waals surface area contributed by atoms with Crippen molar-refractivity contribution in [3.63, 3.8) is 0 Å². The van der Waals surface area contributed by atoms with Crippen LogP contribution in [0.25, 0.3) is 5.69 Å². The lowest BCUT2D eigenvalue weighted by Crippen LogP contribution is -2.15. The van der Waals surface area contributed by atoms with Crippen LogP contribution in [0.2, 0.25) is 5.02 Å². The molecule has 0 spiro atoms. The average Bonchev–Trinajstić information content (AvgIpc) is 2.78. The van der Waals surface area contributed by atoms with Gasteiger partial charge in [-0.1, -0.05) is 11.6 Å². The summed E-state index contributed by atoms with van der Waals surface area (Å²) in [5, 5.41) is 20.3. The number of hydrogen-bond donors (Lipinski definition) is 2. The summed E-state index contributed by atoms with van der Waals surface area (Å²) >= 11 is 5.80. The van der Waals surface area contributed by atoms with Crippen molar-refractivity contribution >= 4 is 23.5 Å². The molecule has 2 N–H and O–H groups in total. The zero-order valence-electron chi connectivity index (χ0n) is 11.7. The van der Waals surface area contributed by atoms with Crippen LogP contribution in [0.15, 0.2) is 24.3 Å². The minimum atomic E-state index is -0.932. The molecule has 0 atom stereocenters. The summed E-state index contributed by atoms with van der Waals surface area (Å²) in [6.45, 7) is 0. The van der Waals surface area contributed by atoms with Gasteiger partial charge in [0.25, 0.3) is 0 Å². The maximum atomic E-state index is 11.9. The Kier molecular flexibility index (Phi) is 4.27. The van der Waals surface area contributed by atoms with E-state index >= 15 is 0 Å². The molecular weight excluding hydrogens is 314 g/mol. The van der Waals surface area contributed by atoms with Crippen molar-refractivity contribution in [1.29, 1.82) is 0 Å². The summed E-state index contributed by atoms with van der Waals surface area (Å²) in [5.74, 6) is -3.42. The van der Waals surface area contributed by atoms with Crippen LogP contribution in [-0.4, -0.2) is 40.9 Å². The summed E-state index contributed by atoms with van der Waals surface area (Å²) in [7, 11) is 2.21. The second-order valence-electron chi connectivity index (χ2n) is 4.19. The zero-order chi connectivity index (χ0) is 16.4. The normalized spacial score (nSPS) is 10.3. The Bertz CT molecular complexity index is 695. The van der Waals surface area contributed by atoms with Gasteiger partial charge in [0.05, 0.1) is 14.2 Å². The number of nitrogens with zero attached hydrogens (tertiary/aromatic N) is 1. The molecule has 0 aliphatic carbocycles. The van der Waals surface area contributed by atoms with Crippen molar-refractivity contribution in [3.8, 4) is 17.2 Å². The highest BCUT2D eigenvalue weighted by atomic mass is 35.5. The number of rotatable bonds is 3. The molecule has 2 aromatic rings. The first-order valence-electron chi connectivity index (χ1n) is 6.01. The van der Waals surface area contributed by atoms with Crippen LogP contribution < -0.4 is 0 Å². The number of carbonyl (C=O) groups excluding carboxylic acids is 2. The van der Waals surface area contributed by atoms with Crippen molar-refractivity contribution in [2.75, 3.05) is 14.2 Å². The molecule has 0 fully saturated rings. The fourth-order valence-corrected chi connectivity index (χ4v) is 2.09. The van der Waals surface area contributed by atoms with Gasteiger partial charge in [0.15, 0.2) is 22.9 Å². The van der Waals surface area contributed by atoms with Gasteiger partial charge in [0.2, 0.25) is 0 Å². The van der Waals surface area contributed by atoms with Gasteiger partial charge in [0, 0.05) is 10.7 Å². The molecular formula is C14H12ClNO6. The van der Waals surface area contributed by atoms with E-state index in [1.807, 2.05) is 0 Å². The zero-order valence-corrected chi connectivity index (χ0v) is 12.4. The van der Waals surface area contributed by atoms with Gasteiger partial charge < -0.3 is 19.7 Å². The van der Waals surface area contributed by atoms with Crippen LogP contribution in [0, 0.1) is 0 Å². The largest absolute Gasteiger partial charge is 0.503 e. The van der Waals surface area contributed by atoms with Crippen molar-refractivity contribution in [1.82, 2.24) is 4.57 Å². The number of aromatic hydroxyl groups is 2. The molecule has 1 aromatic heterocycles. The van der Waals surface area contributed by atoms with E-state index in [-0.39, 0.29) is 0 Å². The lowest BCUT2D eigenvalue weighted by atomic mass is 10.3. The van der Waals surface area contributed by atoms with Gasteiger partial charge in [0.1, 0.15) is 0 Å². The number of esters is 2. The van der Waals surface area contributed by atoms with E-state index in [1.54, 1.807) is 0 Å². The molecule has 0 unspecified atom stereocenters. The Morgan fingerprint density at radius 1 is 0.955 bits per heavy atom. The van der Waals surface area contributed by atoms with Crippen LogP contribution in [0.5, 0.6) is 11.5 Å². The van der Waals surface area contributed by atoms with E-state index in [2.05, 4.69) is 9.47 Å². The van der Waals surface area contributed by atoms with Gasteiger partial charge in [-0.15, -0.1) is 0 Å². The number of benzene rings is 1. The quantitative estimate of drug-likeness (QED) is 0.839. The fourth-order valence-electron chi connectivity index (χ4n) is 1.97. The maximum Gasteiger partial charge on any atom is 0.359 e. The minimum absolute atomic E-state index is 0.306. The number of aromatic nitrogens is 1. The van der Waals surface area contributed by atoms with Crippen LogP contribution in [0.3, 0.4) is 0 Å². The number of halogens is 1. The van der Waals surface area contributed by atoms with Gasteiger partial charge >= 0.3 is 11.9 Å². The highest BCUT2D eigenvalue weighted by Crippen LogP contribution is 2.39. The van der Waals surface area contributed by atoms with E-state index in [9.17, 15) is 19.8 Å². The van der Waals surface area contributed by atoms with Gasteiger partial charge in [-0.2, -0.15) is 0 Å². The third kappa shape index (κ3) is 2.46. The summed E-state index contributed by atoms with van der Waals surface area (Å²) in [6.07, 6.45) is 0. The van der Waals surface area contributed by atoms with Crippen LogP contribution in [0.1, 0.15) is 21.0 Å². The van der Waals surface area contributed by atoms with Gasteiger partial charge in [-0.25, -0.2) is 9.59 Å². The molecule has 0 saturated heterocycles. The predicted molar refractivity (Wildman–Crippen MR) is 76.8 cm³/mol. The summed E-state index contributed by atoms with van der Waals surface area (Å²) in [4.78, 5) is 23.8. The second kappa shape index (κ2) is 5.98. The molecule has 0 aliphatic heterocycles. The minimum Gasteiger partial charge on any atom is -0.503 e. The lowest BCUT2D eigenvalue weighted by molar-refractivity contribution is 0.0582. The number of methoxy groups -OCH3 is 2. The highest BCUT2D eigenvalue weighted by molar-refractivity contribution is 6.30. The number of hydrogen-bond acceptors (Lipinski definition) is 6. The van der Waals surface area contributed by atoms with Crippen LogP contribution in [0.4, 0.5) is 0 Å². The summed E-state index contributed by atoms with van der Waals surface area (Å²) in [6, 6.07) is 6.04. The van der Waals surface area contributed by atoms with Crippen LogP contribution in [-0.2, 0) is 9.47 Å². The van der Waals surface area contributed by atoms with Gasteiger partial charge in [-0.3, -0.25) is 4.57 Å². The Labute approximate surface area is 130 Å². The SMILES string of the molecule is COC(=O)c1c(O)c(O)c(C(=O)OC)n1-c1ccc(Cl)cc1. The molecule has 0 radical (unpaired) electrons. The van der Waals surface area contributed by atoms with Crippen molar-refractivity contribution < 1.29 is 29.3 Å². The molecule has 22 heavy (non-hydrogen) atoms. The van der Waals surface area contributed by atoms with Crippen molar-refractivity contribution in [3.05, 3.63) is 40.7 Å². The molecule has 116 valence electrons. The molecule has 1 heterocycles. The Balaban J connectivity index is 2.83. The Morgan fingerprint density at radius 3 is 1.73 bits per heavy atom. The van der Waals surface area contributed by atoms with E-state index in [1.165, 1.54) is 24.3 Å². The Hall–Kier alpha value is -2.67. The maximum absolute atomic E-state index is 11.9. The fraction of sp³-hybridized carbons (Fsp3) is 0.143. The first-order valence-corrected chi connectivity index (χ1v) is 6.39. The Morgan fingerprint density at radius 2 is 1.36 bits per heavy atom. The summed E-state index contributed by atoms with van der Waals surface area (Å²) in [5.41, 5.74) is -0.494.